The molecule has 1 aliphatic heterocycles. The quantitative estimate of drug-likeness (QED) is 0.833. The predicted octanol–water partition coefficient (Wildman–Crippen LogP) is 3.11. The molecular weight excluding hydrogens is 350 g/mol. The molecule has 5 nitrogen and oxygen atoms in total. The number of methoxy groups -OCH3 is 1. The van der Waals surface area contributed by atoms with Gasteiger partial charge in [0.15, 0.2) is 0 Å². The molecule has 2 aromatic carbocycles. The van der Waals surface area contributed by atoms with Crippen molar-refractivity contribution in [1.82, 2.24) is 4.31 Å². The molecule has 0 spiro atoms. The molecule has 0 N–H and O–H groups in total. The van der Waals surface area contributed by atoms with Gasteiger partial charge < -0.3 is 9.47 Å². The van der Waals surface area contributed by atoms with E-state index < -0.39 is 10.0 Å². The summed E-state index contributed by atoms with van der Waals surface area (Å²) in [6.45, 7) is 0.880. The van der Waals surface area contributed by atoms with Gasteiger partial charge in [0.2, 0.25) is 10.0 Å². The molecule has 0 aliphatic carbocycles. The summed E-state index contributed by atoms with van der Waals surface area (Å²) in [5, 5.41) is 0.349. The molecule has 0 unspecified atom stereocenters. The Labute approximate surface area is 146 Å². The van der Waals surface area contributed by atoms with Crippen LogP contribution in [0.5, 0.6) is 5.75 Å². The summed E-state index contributed by atoms with van der Waals surface area (Å²) in [5.41, 5.74) is 0.954. The fraction of sp³-hybridized carbons (Fsp3) is 0.294. The van der Waals surface area contributed by atoms with Crippen molar-refractivity contribution in [2.75, 3.05) is 26.8 Å². The van der Waals surface area contributed by atoms with Gasteiger partial charge in [0.1, 0.15) is 10.6 Å². The van der Waals surface area contributed by atoms with E-state index in [4.69, 9.17) is 21.1 Å². The van der Waals surface area contributed by atoms with Crippen molar-refractivity contribution in [1.29, 1.82) is 0 Å². The average Bonchev–Trinajstić information content (AvgIpc) is 2.62. The smallest absolute Gasteiger partial charge is 0.246 e. The van der Waals surface area contributed by atoms with E-state index in [1.807, 2.05) is 30.3 Å². The fourth-order valence-corrected chi connectivity index (χ4v) is 4.55. The number of sulfonamides is 1. The SMILES string of the molecule is COc1ccc(Cl)cc1S(=O)(=O)N1CCO[C@@H](c2ccccc2)C1. The number of rotatable bonds is 4. The number of morpholine rings is 1. The fourth-order valence-electron chi connectivity index (χ4n) is 2.70. The van der Waals surface area contributed by atoms with Crippen LogP contribution in [0.15, 0.2) is 53.4 Å². The first-order chi connectivity index (χ1) is 11.5. The standard InChI is InChI=1S/C17H18ClNO4S/c1-22-15-8-7-14(18)11-17(15)24(20,21)19-9-10-23-16(12-19)13-5-3-2-4-6-13/h2-8,11,16H,9-10,12H2,1H3/t16-/m1/s1. The third-order valence-electron chi connectivity index (χ3n) is 3.94. The molecule has 1 aliphatic rings. The summed E-state index contributed by atoms with van der Waals surface area (Å²) in [7, 11) is -2.29. The van der Waals surface area contributed by atoms with Crippen LogP contribution in [0.4, 0.5) is 0 Å². The minimum absolute atomic E-state index is 0.0752. The predicted molar refractivity (Wildman–Crippen MR) is 91.9 cm³/mol. The zero-order valence-electron chi connectivity index (χ0n) is 13.2. The molecule has 1 fully saturated rings. The van der Waals surface area contributed by atoms with E-state index in [1.165, 1.54) is 17.5 Å². The van der Waals surface area contributed by atoms with Crippen molar-refractivity contribution in [2.24, 2.45) is 0 Å². The van der Waals surface area contributed by atoms with Gasteiger partial charge in [-0.3, -0.25) is 0 Å². The second-order valence-electron chi connectivity index (χ2n) is 5.43. The molecule has 0 amide bonds. The molecule has 1 heterocycles. The van der Waals surface area contributed by atoms with Crippen LogP contribution in [0.1, 0.15) is 11.7 Å². The lowest BCUT2D eigenvalue weighted by Crippen LogP contribution is -2.42. The van der Waals surface area contributed by atoms with E-state index in [9.17, 15) is 8.42 Å². The number of hydrogen-bond donors (Lipinski definition) is 0. The zero-order valence-corrected chi connectivity index (χ0v) is 14.8. The molecular formula is C17H18ClNO4S. The summed E-state index contributed by atoms with van der Waals surface area (Å²) in [5.74, 6) is 0.280. The highest BCUT2D eigenvalue weighted by Crippen LogP contribution is 2.32. The molecule has 0 aromatic heterocycles. The highest BCUT2D eigenvalue weighted by atomic mass is 35.5. The van der Waals surface area contributed by atoms with Gasteiger partial charge in [-0.15, -0.1) is 0 Å². The summed E-state index contributed by atoms with van der Waals surface area (Å²) < 4.78 is 38.4. The van der Waals surface area contributed by atoms with Crippen molar-refractivity contribution in [3.63, 3.8) is 0 Å². The first kappa shape index (κ1) is 17.2. The molecule has 1 saturated heterocycles. The van der Waals surface area contributed by atoms with Gasteiger partial charge in [0.05, 0.1) is 19.8 Å². The van der Waals surface area contributed by atoms with E-state index in [2.05, 4.69) is 0 Å². The van der Waals surface area contributed by atoms with Crippen LogP contribution in [0, 0.1) is 0 Å². The van der Waals surface area contributed by atoms with Crippen molar-refractivity contribution in [3.8, 4) is 5.75 Å². The normalized spacial score (nSPS) is 19.2. The minimum atomic E-state index is -3.72. The lowest BCUT2D eigenvalue weighted by Gasteiger charge is -2.32. The second kappa shape index (κ2) is 7.11. The van der Waals surface area contributed by atoms with Gasteiger partial charge in [-0.2, -0.15) is 4.31 Å². The molecule has 24 heavy (non-hydrogen) atoms. The summed E-state index contributed by atoms with van der Waals surface area (Å²) >= 11 is 5.98. The third-order valence-corrected chi connectivity index (χ3v) is 6.07. The zero-order chi connectivity index (χ0) is 17.2. The molecule has 128 valence electrons. The van der Waals surface area contributed by atoms with Crippen LogP contribution in [0.3, 0.4) is 0 Å². The van der Waals surface area contributed by atoms with Gasteiger partial charge in [-0.25, -0.2) is 8.42 Å². The maximum absolute atomic E-state index is 13.0. The second-order valence-corrected chi connectivity index (χ2v) is 7.77. The maximum Gasteiger partial charge on any atom is 0.246 e. The third kappa shape index (κ3) is 3.42. The Kier molecular flexibility index (Phi) is 5.10. The van der Waals surface area contributed by atoms with Crippen molar-refractivity contribution >= 4 is 21.6 Å². The van der Waals surface area contributed by atoms with E-state index >= 15 is 0 Å². The molecule has 7 heteroatoms. The molecule has 2 aromatic rings. The summed E-state index contributed by atoms with van der Waals surface area (Å²) in [6, 6.07) is 14.2. The summed E-state index contributed by atoms with van der Waals surface area (Å²) in [6.07, 6.45) is -0.292. The molecule has 3 rings (SSSR count). The van der Waals surface area contributed by atoms with Gasteiger partial charge >= 0.3 is 0 Å². The maximum atomic E-state index is 13.0. The van der Waals surface area contributed by atoms with Crippen molar-refractivity contribution in [3.05, 3.63) is 59.1 Å². The van der Waals surface area contributed by atoms with Crippen LogP contribution in [0.2, 0.25) is 5.02 Å². The number of halogens is 1. The average molecular weight is 368 g/mol. The van der Waals surface area contributed by atoms with E-state index in [0.717, 1.165) is 5.56 Å². The lowest BCUT2D eigenvalue weighted by atomic mass is 10.1. The van der Waals surface area contributed by atoms with Crippen LogP contribution in [-0.4, -0.2) is 39.5 Å². The van der Waals surface area contributed by atoms with Gasteiger partial charge in [0, 0.05) is 18.1 Å². The molecule has 1 atom stereocenters. The van der Waals surface area contributed by atoms with Crippen LogP contribution in [0.25, 0.3) is 0 Å². The van der Waals surface area contributed by atoms with E-state index in [0.29, 0.717) is 18.2 Å². The minimum Gasteiger partial charge on any atom is -0.495 e. The Morgan fingerprint density at radius 2 is 1.96 bits per heavy atom. The van der Waals surface area contributed by atoms with E-state index in [-0.39, 0.29) is 23.3 Å². The highest BCUT2D eigenvalue weighted by molar-refractivity contribution is 7.89. The van der Waals surface area contributed by atoms with Gasteiger partial charge in [-0.1, -0.05) is 41.9 Å². The van der Waals surface area contributed by atoms with Crippen molar-refractivity contribution < 1.29 is 17.9 Å². The van der Waals surface area contributed by atoms with Crippen molar-refractivity contribution in [2.45, 2.75) is 11.0 Å². The Morgan fingerprint density at radius 1 is 1.21 bits per heavy atom. The van der Waals surface area contributed by atoms with Crippen LogP contribution < -0.4 is 4.74 Å². The lowest BCUT2D eigenvalue weighted by molar-refractivity contribution is -0.00258. The highest BCUT2D eigenvalue weighted by Gasteiger charge is 2.33. The molecule has 0 bridgehead atoms. The van der Waals surface area contributed by atoms with Gasteiger partial charge in [-0.05, 0) is 23.8 Å². The Balaban J connectivity index is 1.91. The number of ether oxygens (including phenoxy) is 2. The number of nitrogens with zero attached hydrogens (tertiary/aromatic N) is 1. The van der Waals surface area contributed by atoms with Crippen LogP contribution >= 0.6 is 11.6 Å². The Morgan fingerprint density at radius 3 is 2.67 bits per heavy atom. The van der Waals surface area contributed by atoms with E-state index in [1.54, 1.807) is 12.1 Å². The monoisotopic (exact) mass is 367 g/mol. The topological polar surface area (TPSA) is 55.8 Å². The largest absolute Gasteiger partial charge is 0.495 e. The number of hydrogen-bond acceptors (Lipinski definition) is 4. The van der Waals surface area contributed by atoms with Crippen LogP contribution in [-0.2, 0) is 14.8 Å². The summed E-state index contributed by atoms with van der Waals surface area (Å²) in [4.78, 5) is 0.0752. The molecule has 0 saturated carbocycles. The van der Waals surface area contributed by atoms with Gasteiger partial charge in [0.25, 0.3) is 0 Å². The first-order valence-electron chi connectivity index (χ1n) is 7.52. The molecule has 0 radical (unpaired) electrons. The number of benzene rings is 2. The Hall–Kier alpha value is -1.60. The Bertz CT molecular complexity index is 811. The first-order valence-corrected chi connectivity index (χ1v) is 9.34.